The van der Waals surface area contributed by atoms with Crippen LogP contribution >= 0.6 is 0 Å². The first kappa shape index (κ1) is 42.7. The molecule has 320 valence electrons. The van der Waals surface area contributed by atoms with Crippen LogP contribution in [-0.4, -0.2) is 180 Å². The van der Waals surface area contributed by atoms with Crippen molar-refractivity contribution in [3.8, 4) is 0 Å². The molecule has 4 saturated carbocycles. The fourth-order valence-corrected chi connectivity index (χ4v) is 11.9. The van der Waals surface area contributed by atoms with E-state index in [2.05, 4.69) is 13.5 Å². The highest BCUT2D eigenvalue weighted by Crippen LogP contribution is 2.72. The molecule has 3 heterocycles. The first-order valence-corrected chi connectivity index (χ1v) is 19.9. The van der Waals surface area contributed by atoms with E-state index in [9.17, 15) is 61.0 Å². The lowest BCUT2D eigenvalue weighted by molar-refractivity contribution is -0.366. The number of hydrogen-bond acceptors (Lipinski definition) is 18. The predicted octanol–water partition coefficient (Wildman–Crippen LogP) is -3.08. The molecule has 3 aliphatic heterocycles. The molecular formula is C38H60O18. The van der Waals surface area contributed by atoms with Crippen LogP contribution in [0.2, 0.25) is 0 Å². The Morgan fingerprint density at radius 3 is 1.86 bits per heavy atom. The van der Waals surface area contributed by atoms with Crippen molar-refractivity contribution < 1.29 is 89.4 Å². The fraction of sp³-hybridized carbons (Fsp3) is 0.921. The van der Waals surface area contributed by atoms with E-state index >= 15 is 0 Å². The monoisotopic (exact) mass is 804 g/mol. The molecule has 0 aromatic heterocycles. The molecule has 7 rings (SSSR count). The molecule has 0 aromatic rings. The van der Waals surface area contributed by atoms with Gasteiger partial charge in [0.15, 0.2) is 12.6 Å². The van der Waals surface area contributed by atoms with Crippen LogP contribution in [0, 0.1) is 34.0 Å². The van der Waals surface area contributed by atoms with Gasteiger partial charge in [-0.3, -0.25) is 4.79 Å². The van der Waals surface area contributed by atoms with Crippen LogP contribution in [0.1, 0.15) is 65.2 Å². The highest BCUT2D eigenvalue weighted by atomic mass is 16.7. The third kappa shape index (κ3) is 6.88. The number of carbonyl (C=O) groups is 1. The summed E-state index contributed by atoms with van der Waals surface area (Å²) in [6.45, 7) is 6.41. The molecule has 18 unspecified atom stereocenters. The molecule has 3 saturated heterocycles. The van der Waals surface area contributed by atoms with Crippen molar-refractivity contribution in [1.29, 1.82) is 0 Å². The van der Waals surface area contributed by atoms with Gasteiger partial charge in [0, 0.05) is 5.92 Å². The van der Waals surface area contributed by atoms with Crippen LogP contribution in [0.25, 0.3) is 0 Å². The van der Waals surface area contributed by atoms with Crippen molar-refractivity contribution in [3.63, 3.8) is 0 Å². The van der Waals surface area contributed by atoms with Crippen molar-refractivity contribution in [2.75, 3.05) is 19.8 Å². The van der Waals surface area contributed by atoms with E-state index in [1.807, 2.05) is 6.92 Å². The summed E-state index contributed by atoms with van der Waals surface area (Å²) in [7, 11) is 0. The summed E-state index contributed by atoms with van der Waals surface area (Å²) < 4.78 is 35.1. The van der Waals surface area contributed by atoms with Crippen LogP contribution in [0.3, 0.4) is 0 Å². The molecule has 0 amide bonds. The van der Waals surface area contributed by atoms with Crippen LogP contribution < -0.4 is 0 Å². The second kappa shape index (κ2) is 15.9. The van der Waals surface area contributed by atoms with Gasteiger partial charge >= 0.3 is 5.97 Å². The maximum Gasteiger partial charge on any atom is 0.314 e. The van der Waals surface area contributed by atoms with Crippen LogP contribution in [0.4, 0.5) is 0 Å². The van der Waals surface area contributed by atoms with Gasteiger partial charge in [-0.1, -0.05) is 25.5 Å². The molecule has 11 N–H and O–H groups in total. The SMILES string of the molecule is C=C1C[C@@]23CCC4[C@](C)(C(=O)OC5OC(CO)C(O)C(O)C5O)CCC[C@@]4(C)[C@@H]2CC(OC2OC(CO)C(O)C(OC4OC(CO)C(O)C(O)C4O)C2O)C1C3. The summed E-state index contributed by atoms with van der Waals surface area (Å²) in [4.78, 5) is 14.2. The highest BCUT2D eigenvalue weighted by molar-refractivity contribution is 5.77. The topological polar surface area (TPSA) is 295 Å². The number of hydrogen-bond donors (Lipinski definition) is 11. The predicted molar refractivity (Wildman–Crippen MR) is 186 cm³/mol. The van der Waals surface area contributed by atoms with Crippen LogP contribution in [-0.2, 0) is 33.2 Å². The lowest BCUT2D eigenvalue weighted by Crippen LogP contribution is -2.65. The van der Waals surface area contributed by atoms with Gasteiger partial charge in [0.1, 0.15) is 73.2 Å². The van der Waals surface area contributed by atoms with E-state index in [1.54, 1.807) is 0 Å². The van der Waals surface area contributed by atoms with E-state index in [1.165, 1.54) is 0 Å². The number of fused-ring (bicyclic) bond motifs is 3. The summed E-state index contributed by atoms with van der Waals surface area (Å²) in [5.74, 6) is -0.888. The number of rotatable bonds is 9. The lowest BCUT2D eigenvalue weighted by Gasteiger charge is -2.64. The van der Waals surface area contributed by atoms with Crippen molar-refractivity contribution in [3.05, 3.63) is 12.2 Å². The van der Waals surface area contributed by atoms with E-state index in [0.717, 1.165) is 37.7 Å². The Labute approximate surface area is 324 Å². The van der Waals surface area contributed by atoms with Gasteiger partial charge in [-0.25, -0.2) is 0 Å². The zero-order valence-electron chi connectivity index (χ0n) is 31.7. The molecule has 18 heteroatoms. The normalized spacial score (nSPS) is 54.6. The van der Waals surface area contributed by atoms with E-state index in [0.29, 0.717) is 19.3 Å². The number of ether oxygens (including phenoxy) is 6. The second-order valence-corrected chi connectivity index (χ2v) is 17.9. The van der Waals surface area contributed by atoms with Gasteiger partial charge < -0.3 is 84.6 Å². The summed E-state index contributed by atoms with van der Waals surface area (Å²) in [6, 6.07) is 0. The van der Waals surface area contributed by atoms with Crippen LogP contribution in [0.5, 0.6) is 0 Å². The van der Waals surface area contributed by atoms with E-state index in [4.69, 9.17) is 28.4 Å². The molecule has 22 atom stereocenters. The Morgan fingerprint density at radius 1 is 0.696 bits per heavy atom. The fourth-order valence-electron chi connectivity index (χ4n) is 11.9. The van der Waals surface area contributed by atoms with Crippen molar-refractivity contribution in [2.45, 2.75) is 163 Å². The van der Waals surface area contributed by atoms with Gasteiger partial charge in [-0.15, -0.1) is 0 Å². The minimum Gasteiger partial charge on any atom is -0.432 e. The summed E-state index contributed by atoms with van der Waals surface area (Å²) >= 11 is 0. The quantitative estimate of drug-likeness (QED) is 0.0626. The summed E-state index contributed by atoms with van der Waals surface area (Å²) in [5, 5.41) is 114. The number of aliphatic hydroxyl groups is 11. The average Bonchev–Trinajstić information content (AvgIpc) is 3.44. The smallest absolute Gasteiger partial charge is 0.314 e. The maximum atomic E-state index is 14.2. The highest BCUT2D eigenvalue weighted by Gasteiger charge is 2.67. The standard InChI is InChI=1S/C38H60O18/c1-15-10-38-8-5-21-36(2,6-4-7-37(21,3)35(50)56-33-29(48)27(46)24(43)19(13-40)53-33)22(38)9-17(16(15)11-38)51-34-30(49)31(25(44)20(14-41)54-34)55-32-28(47)26(45)23(42)18(12-39)52-32/h16-34,39-49H,1,4-14H2,2-3H3/t16?,17?,18?,19?,20?,21?,22-,23?,24?,25?,26?,27?,28?,29?,30?,31?,32?,33?,34?,36+,37+,38+/m0/s1. The molecule has 7 fully saturated rings. The van der Waals surface area contributed by atoms with Gasteiger partial charge in [0.05, 0.1) is 31.3 Å². The Balaban J connectivity index is 1.10. The van der Waals surface area contributed by atoms with Gasteiger partial charge in [0.25, 0.3) is 0 Å². The van der Waals surface area contributed by atoms with E-state index < -0.39 is 135 Å². The number of carbonyl (C=O) groups excluding carboxylic acids is 1. The van der Waals surface area contributed by atoms with Crippen molar-refractivity contribution >= 4 is 5.97 Å². The average molecular weight is 805 g/mol. The largest absolute Gasteiger partial charge is 0.432 e. The molecule has 0 aromatic carbocycles. The van der Waals surface area contributed by atoms with Crippen LogP contribution in [0.15, 0.2) is 12.2 Å². The molecule has 4 aliphatic carbocycles. The number of esters is 1. The third-order valence-electron chi connectivity index (χ3n) is 14.9. The van der Waals surface area contributed by atoms with E-state index in [-0.39, 0.29) is 23.2 Å². The molecule has 18 nitrogen and oxygen atoms in total. The first-order valence-electron chi connectivity index (χ1n) is 19.9. The molecular weight excluding hydrogens is 744 g/mol. The summed E-state index contributed by atoms with van der Waals surface area (Å²) in [6.07, 6.45) is -18.7. The summed E-state index contributed by atoms with van der Waals surface area (Å²) in [5.41, 5.74) is -0.574. The zero-order valence-corrected chi connectivity index (χ0v) is 31.7. The molecule has 0 radical (unpaired) electrons. The maximum absolute atomic E-state index is 14.2. The lowest BCUT2D eigenvalue weighted by atomic mass is 9.41. The Bertz CT molecular complexity index is 1430. The minimum atomic E-state index is -1.81. The number of aliphatic hydroxyl groups excluding tert-OH is 11. The zero-order chi connectivity index (χ0) is 40.6. The minimum absolute atomic E-state index is 0.00931. The van der Waals surface area contributed by atoms with Crippen molar-refractivity contribution in [1.82, 2.24) is 0 Å². The Morgan fingerprint density at radius 2 is 1.25 bits per heavy atom. The Kier molecular flexibility index (Phi) is 12.1. The molecule has 2 bridgehead atoms. The van der Waals surface area contributed by atoms with Gasteiger partial charge in [0.2, 0.25) is 6.29 Å². The molecule has 7 aliphatic rings. The second-order valence-electron chi connectivity index (χ2n) is 17.9. The van der Waals surface area contributed by atoms with Crippen molar-refractivity contribution in [2.24, 2.45) is 34.0 Å². The molecule has 56 heavy (non-hydrogen) atoms. The van der Waals surface area contributed by atoms with Gasteiger partial charge in [-0.05, 0) is 74.5 Å². The molecule has 1 spiro atoms. The van der Waals surface area contributed by atoms with Gasteiger partial charge in [-0.2, -0.15) is 0 Å². The first-order chi connectivity index (χ1) is 26.4. The third-order valence-corrected chi connectivity index (χ3v) is 14.9. The Hall–Kier alpha value is -1.43.